The molecule has 0 heterocycles. The van der Waals surface area contributed by atoms with Crippen molar-refractivity contribution >= 4 is 0 Å². The SMILES string of the molecule is COc1cc(OC)cc(-c2ccc(CO)cc2OC)c1. The minimum Gasteiger partial charge on any atom is -0.497 e. The van der Waals surface area contributed by atoms with Gasteiger partial charge in [-0.25, -0.2) is 0 Å². The molecule has 0 atom stereocenters. The lowest BCUT2D eigenvalue weighted by Crippen LogP contribution is -1.93. The van der Waals surface area contributed by atoms with Gasteiger partial charge in [-0.1, -0.05) is 12.1 Å². The maximum absolute atomic E-state index is 9.19. The Morgan fingerprint density at radius 2 is 1.50 bits per heavy atom. The molecule has 0 aliphatic heterocycles. The fraction of sp³-hybridized carbons (Fsp3) is 0.250. The lowest BCUT2D eigenvalue weighted by molar-refractivity contribution is 0.281. The summed E-state index contributed by atoms with van der Waals surface area (Å²) in [5.41, 5.74) is 2.66. The third-order valence-corrected chi connectivity index (χ3v) is 3.11. The summed E-state index contributed by atoms with van der Waals surface area (Å²) in [6, 6.07) is 11.2. The summed E-state index contributed by atoms with van der Waals surface area (Å²) in [6.45, 7) is -0.0158. The first-order chi connectivity index (χ1) is 9.71. The Balaban J connectivity index is 2.55. The molecule has 20 heavy (non-hydrogen) atoms. The molecule has 0 fully saturated rings. The van der Waals surface area contributed by atoms with Gasteiger partial charge in [-0.3, -0.25) is 0 Å². The van der Waals surface area contributed by atoms with Crippen molar-refractivity contribution in [3.05, 3.63) is 42.0 Å². The van der Waals surface area contributed by atoms with Crippen LogP contribution in [-0.2, 0) is 6.61 Å². The molecule has 2 rings (SSSR count). The third-order valence-electron chi connectivity index (χ3n) is 3.11. The summed E-state index contributed by atoms with van der Waals surface area (Å²) < 4.78 is 15.9. The predicted molar refractivity (Wildman–Crippen MR) is 77.5 cm³/mol. The van der Waals surface area contributed by atoms with E-state index in [2.05, 4.69) is 0 Å². The molecule has 4 nitrogen and oxygen atoms in total. The highest BCUT2D eigenvalue weighted by atomic mass is 16.5. The van der Waals surface area contributed by atoms with Crippen molar-refractivity contribution in [1.82, 2.24) is 0 Å². The van der Waals surface area contributed by atoms with Crippen molar-refractivity contribution in [3.63, 3.8) is 0 Å². The molecule has 0 aromatic heterocycles. The first-order valence-electron chi connectivity index (χ1n) is 6.23. The molecular formula is C16H18O4. The van der Waals surface area contributed by atoms with Crippen molar-refractivity contribution in [2.45, 2.75) is 6.61 Å². The molecular weight excluding hydrogens is 256 g/mol. The van der Waals surface area contributed by atoms with Crippen LogP contribution < -0.4 is 14.2 Å². The average molecular weight is 274 g/mol. The van der Waals surface area contributed by atoms with E-state index in [-0.39, 0.29) is 6.61 Å². The maximum Gasteiger partial charge on any atom is 0.127 e. The standard InChI is InChI=1S/C16H18O4/c1-18-13-7-12(8-14(9-13)19-2)15-5-4-11(10-17)6-16(15)20-3/h4-9,17H,10H2,1-3H3. The van der Waals surface area contributed by atoms with Gasteiger partial charge in [0.1, 0.15) is 17.2 Å². The monoisotopic (exact) mass is 274 g/mol. The van der Waals surface area contributed by atoms with Gasteiger partial charge in [0.05, 0.1) is 27.9 Å². The highest BCUT2D eigenvalue weighted by Crippen LogP contribution is 2.35. The second kappa shape index (κ2) is 6.30. The second-order valence-electron chi connectivity index (χ2n) is 4.29. The summed E-state index contributed by atoms with van der Waals surface area (Å²) in [6.07, 6.45) is 0. The fourth-order valence-electron chi connectivity index (χ4n) is 2.04. The molecule has 0 aliphatic carbocycles. The van der Waals surface area contributed by atoms with Crippen LogP contribution in [-0.4, -0.2) is 26.4 Å². The Kier molecular flexibility index (Phi) is 4.48. The van der Waals surface area contributed by atoms with Gasteiger partial charge in [0.15, 0.2) is 0 Å². The zero-order valence-corrected chi connectivity index (χ0v) is 11.8. The molecule has 4 heteroatoms. The van der Waals surface area contributed by atoms with Crippen LogP contribution in [0.2, 0.25) is 0 Å². The molecule has 0 unspecified atom stereocenters. The van der Waals surface area contributed by atoms with Crippen LogP contribution >= 0.6 is 0 Å². The molecule has 0 saturated carbocycles. The number of methoxy groups -OCH3 is 3. The van der Waals surface area contributed by atoms with Crippen LogP contribution in [0.1, 0.15) is 5.56 Å². The fourth-order valence-corrected chi connectivity index (χ4v) is 2.04. The minimum atomic E-state index is -0.0158. The normalized spacial score (nSPS) is 10.2. The van der Waals surface area contributed by atoms with E-state index in [1.807, 2.05) is 36.4 Å². The van der Waals surface area contributed by atoms with Gasteiger partial charge in [0.2, 0.25) is 0 Å². The van der Waals surface area contributed by atoms with Crippen molar-refractivity contribution in [2.75, 3.05) is 21.3 Å². The van der Waals surface area contributed by atoms with E-state index in [0.29, 0.717) is 17.2 Å². The summed E-state index contributed by atoms with van der Waals surface area (Å²) in [5, 5.41) is 9.19. The molecule has 0 radical (unpaired) electrons. The van der Waals surface area contributed by atoms with E-state index >= 15 is 0 Å². The van der Waals surface area contributed by atoms with Gasteiger partial charge < -0.3 is 19.3 Å². The third kappa shape index (κ3) is 2.86. The molecule has 2 aromatic rings. The smallest absolute Gasteiger partial charge is 0.127 e. The Bertz CT molecular complexity index is 571. The highest BCUT2D eigenvalue weighted by Gasteiger charge is 2.10. The first kappa shape index (κ1) is 14.2. The lowest BCUT2D eigenvalue weighted by Gasteiger charge is -2.13. The number of benzene rings is 2. The Morgan fingerprint density at radius 1 is 0.850 bits per heavy atom. The molecule has 0 spiro atoms. The van der Waals surface area contributed by atoms with Gasteiger partial charge in [-0.05, 0) is 29.3 Å². The molecule has 0 saturated heterocycles. The minimum absolute atomic E-state index is 0.0158. The van der Waals surface area contributed by atoms with E-state index in [4.69, 9.17) is 14.2 Å². The summed E-state index contributed by atoms with van der Waals surface area (Å²) in [7, 11) is 4.84. The largest absolute Gasteiger partial charge is 0.497 e. The second-order valence-corrected chi connectivity index (χ2v) is 4.29. The molecule has 0 bridgehead atoms. The topological polar surface area (TPSA) is 47.9 Å². The van der Waals surface area contributed by atoms with Crippen LogP contribution in [0.3, 0.4) is 0 Å². The van der Waals surface area contributed by atoms with Crippen LogP contribution in [0.25, 0.3) is 11.1 Å². The number of hydrogen-bond donors (Lipinski definition) is 1. The van der Waals surface area contributed by atoms with Crippen LogP contribution in [0, 0.1) is 0 Å². The first-order valence-corrected chi connectivity index (χ1v) is 6.23. The molecule has 106 valence electrons. The van der Waals surface area contributed by atoms with E-state index in [1.54, 1.807) is 21.3 Å². The number of ether oxygens (including phenoxy) is 3. The van der Waals surface area contributed by atoms with Gasteiger partial charge in [0.25, 0.3) is 0 Å². The van der Waals surface area contributed by atoms with Crippen molar-refractivity contribution < 1.29 is 19.3 Å². The zero-order chi connectivity index (χ0) is 14.5. The van der Waals surface area contributed by atoms with E-state index < -0.39 is 0 Å². The lowest BCUT2D eigenvalue weighted by atomic mass is 10.0. The van der Waals surface area contributed by atoms with Crippen LogP contribution in [0.5, 0.6) is 17.2 Å². The van der Waals surface area contributed by atoms with Crippen molar-refractivity contribution in [1.29, 1.82) is 0 Å². The molecule has 2 aromatic carbocycles. The Morgan fingerprint density at radius 3 is 2.00 bits per heavy atom. The van der Waals surface area contributed by atoms with Crippen molar-refractivity contribution in [2.24, 2.45) is 0 Å². The molecule has 1 N–H and O–H groups in total. The van der Waals surface area contributed by atoms with Crippen LogP contribution in [0.15, 0.2) is 36.4 Å². The van der Waals surface area contributed by atoms with E-state index in [1.165, 1.54) is 0 Å². The van der Waals surface area contributed by atoms with Crippen molar-refractivity contribution in [3.8, 4) is 28.4 Å². The molecule has 0 aliphatic rings. The van der Waals surface area contributed by atoms with E-state index in [9.17, 15) is 5.11 Å². The maximum atomic E-state index is 9.19. The quantitative estimate of drug-likeness (QED) is 0.910. The van der Waals surface area contributed by atoms with Gasteiger partial charge in [0, 0.05) is 11.6 Å². The van der Waals surface area contributed by atoms with Gasteiger partial charge >= 0.3 is 0 Å². The summed E-state index contributed by atoms with van der Waals surface area (Å²) in [4.78, 5) is 0. The number of rotatable bonds is 5. The Labute approximate surface area is 118 Å². The van der Waals surface area contributed by atoms with Gasteiger partial charge in [-0.15, -0.1) is 0 Å². The van der Waals surface area contributed by atoms with Gasteiger partial charge in [-0.2, -0.15) is 0 Å². The van der Waals surface area contributed by atoms with E-state index in [0.717, 1.165) is 16.7 Å². The summed E-state index contributed by atoms with van der Waals surface area (Å²) >= 11 is 0. The number of hydrogen-bond acceptors (Lipinski definition) is 4. The summed E-state index contributed by atoms with van der Waals surface area (Å²) in [5.74, 6) is 2.13. The zero-order valence-electron chi connectivity index (χ0n) is 11.8. The average Bonchev–Trinajstić information content (AvgIpc) is 2.53. The predicted octanol–water partition coefficient (Wildman–Crippen LogP) is 2.87. The molecule has 0 amide bonds. The van der Waals surface area contributed by atoms with Crippen LogP contribution in [0.4, 0.5) is 0 Å². The highest BCUT2D eigenvalue weighted by molar-refractivity contribution is 5.73. The number of aliphatic hydroxyl groups is 1. The number of aliphatic hydroxyl groups excluding tert-OH is 1. The Hall–Kier alpha value is -2.20.